The van der Waals surface area contributed by atoms with E-state index in [1.807, 2.05) is 29.7 Å². The maximum atomic E-state index is 12.3. The van der Waals surface area contributed by atoms with Gasteiger partial charge in [-0.15, -0.1) is 0 Å². The maximum Gasteiger partial charge on any atom is 0.314 e. The van der Waals surface area contributed by atoms with Crippen LogP contribution in [0.25, 0.3) is 16.9 Å². The number of aryl methyl sites for hydroxylation is 2. The third-order valence-electron chi connectivity index (χ3n) is 4.31. The Morgan fingerprint density at radius 1 is 0.933 bits per heavy atom. The number of carboxylic acid groups (broad SMARTS) is 2. The molecule has 2 heterocycles. The fraction of sp³-hybridized carbons (Fsp3) is 0.273. The highest BCUT2D eigenvalue weighted by Gasteiger charge is 2.18. The topological polar surface area (TPSA) is 112 Å². The number of benzene rings is 1. The summed E-state index contributed by atoms with van der Waals surface area (Å²) in [5.74, 6) is -2.55. The number of aromatic nitrogens is 2. The zero-order valence-electron chi connectivity index (χ0n) is 17.4. The lowest BCUT2D eigenvalue weighted by molar-refractivity contribution is -0.147. The van der Waals surface area contributed by atoms with Gasteiger partial charge in [0.2, 0.25) is 5.91 Å². The molecule has 0 aliphatic carbocycles. The van der Waals surface area contributed by atoms with Crippen LogP contribution in [0.3, 0.4) is 0 Å². The Morgan fingerprint density at radius 2 is 1.50 bits per heavy atom. The lowest BCUT2D eigenvalue weighted by atomic mass is 10.1. The molecule has 30 heavy (non-hydrogen) atoms. The maximum absolute atomic E-state index is 12.3. The molecular formula is C22H25N3O5. The average Bonchev–Trinajstić information content (AvgIpc) is 2.99. The first-order valence-corrected chi connectivity index (χ1v) is 9.27. The number of amides is 1. The Bertz CT molecular complexity index is 1060. The number of nitrogens with zero attached hydrogens (tertiary/aromatic N) is 3. The minimum absolute atomic E-state index is 0.0710. The van der Waals surface area contributed by atoms with Gasteiger partial charge >= 0.3 is 11.9 Å². The summed E-state index contributed by atoms with van der Waals surface area (Å²) in [6.07, 6.45) is 1.57. The molecule has 2 aromatic heterocycles. The predicted octanol–water partition coefficient (Wildman–Crippen LogP) is 2.79. The van der Waals surface area contributed by atoms with Crippen LogP contribution in [0.15, 0.2) is 42.6 Å². The summed E-state index contributed by atoms with van der Waals surface area (Å²) in [5.41, 5.74) is 6.08. The first-order chi connectivity index (χ1) is 14.1. The highest BCUT2D eigenvalue weighted by molar-refractivity contribution is 5.88. The van der Waals surface area contributed by atoms with Crippen molar-refractivity contribution < 1.29 is 24.6 Å². The van der Waals surface area contributed by atoms with Gasteiger partial charge in [-0.1, -0.05) is 35.9 Å². The summed E-state index contributed by atoms with van der Waals surface area (Å²) in [5, 5.41) is 15.4. The molecule has 2 N–H and O–H groups in total. The van der Waals surface area contributed by atoms with E-state index in [1.54, 1.807) is 19.0 Å². The van der Waals surface area contributed by atoms with Gasteiger partial charge < -0.3 is 19.5 Å². The summed E-state index contributed by atoms with van der Waals surface area (Å²) in [6, 6.07) is 12.3. The van der Waals surface area contributed by atoms with Crippen molar-refractivity contribution in [2.45, 2.75) is 26.7 Å². The van der Waals surface area contributed by atoms with Crippen LogP contribution in [0, 0.1) is 13.8 Å². The number of hydrogen-bond donors (Lipinski definition) is 2. The molecule has 0 spiro atoms. The van der Waals surface area contributed by atoms with E-state index in [4.69, 9.17) is 15.2 Å². The molecule has 0 aliphatic heterocycles. The minimum Gasteiger partial charge on any atom is -0.481 e. The second-order valence-electron chi connectivity index (χ2n) is 7.14. The average molecular weight is 411 g/mol. The largest absolute Gasteiger partial charge is 0.481 e. The number of rotatable bonds is 5. The van der Waals surface area contributed by atoms with Crippen molar-refractivity contribution in [3.8, 4) is 11.3 Å². The fourth-order valence-electron chi connectivity index (χ4n) is 2.74. The third kappa shape index (κ3) is 5.91. The second-order valence-corrected chi connectivity index (χ2v) is 7.14. The van der Waals surface area contributed by atoms with E-state index in [2.05, 4.69) is 31.2 Å². The van der Waals surface area contributed by atoms with E-state index in [1.165, 1.54) is 5.56 Å². The summed E-state index contributed by atoms with van der Waals surface area (Å²) >= 11 is 0. The molecule has 8 nitrogen and oxygen atoms in total. The van der Waals surface area contributed by atoms with Crippen molar-refractivity contribution in [1.29, 1.82) is 0 Å². The first-order valence-electron chi connectivity index (χ1n) is 9.27. The summed E-state index contributed by atoms with van der Waals surface area (Å²) in [7, 11) is 3.56. The van der Waals surface area contributed by atoms with Gasteiger partial charge in [0, 0.05) is 25.9 Å². The van der Waals surface area contributed by atoms with Crippen LogP contribution in [0.2, 0.25) is 0 Å². The molecule has 0 bridgehead atoms. The zero-order chi connectivity index (χ0) is 22.4. The summed E-state index contributed by atoms with van der Waals surface area (Å²) < 4.78 is 2.03. The Balaban J connectivity index is 0.000000396. The van der Waals surface area contributed by atoms with Gasteiger partial charge in [-0.3, -0.25) is 14.4 Å². The molecule has 0 saturated heterocycles. The van der Waals surface area contributed by atoms with Gasteiger partial charge in [-0.2, -0.15) is 0 Å². The first kappa shape index (κ1) is 22.6. The number of fused-ring (bicyclic) bond motifs is 1. The van der Waals surface area contributed by atoms with Crippen LogP contribution >= 0.6 is 0 Å². The van der Waals surface area contributed by atoms with Crippen LogP contribution in [0.4, 0.5) is 0 Å². The van der Waals surface area contributed by atoms with E-state index in [0.717, 1.165) is 28.2 Å². The van der Waals surface area contributed by atoms with Crippen LogP contribution in [-0.4, -0.2) is 56.4 Å². The molecule has 3 aromatic rings. The standard InChI is InChI=1S/C19H21N3O.C3H4O4/c1-13-5-8-15(9-6-13)19-16(11-18(23)21(3)4)22-12-14(2)7-10-17(22)20-19;4-2(5)1-3(6)7/h5-10,12H,11H2,1-4H3;1H2,(H,4,5)(H,6,7). The number of carbonyl (C=O) groups is 3. The van der Waals surface area contributed by atoms with Crippen LogP contribution in [0.1, 0.15) is 23.2 Å². The number of pyridine rings is 1. The van der Waals surface area contributed by atoms with Gasteiger partial charge in [0.25, 0.3) is 0 Å². The third-order valence-corrected chi connectivity index (χ3v) is 4.31. The van der Waals surface area contributed by atoms with Gasteiger partial charge in [-0.05, 0) is 25.5 Å². The van der Waals surface area contributed by atoms with Gasteiger partial charge in [0.1, 0.15) is 12.1 Å². The molecule has 3 rings (SSSR count). The fourth-order valence-corrected chi connectivity index (χ4v) is 2.74. The number of carbonyl (C=O) groups excluding carboxylic acids is 1. The lowest BCUT2D eigenvalue weighted by Crippen LogP contribution is -2.24. The van der Waals surface area contributed by atoms with Crippen LogP contribution in [0.5, 0.6) is 0 Å². The highest BCUT2D eigenvalue weighted by atomic mass is 16.4. The Morgan fingerprint density at radius 3 is 2.00 bits per heavy atom. The SMILES string of the molecule is Cc1ccc(-c2nc3ccc(C)cn3c2CC(=O)N(C)C)cc1.O=C(O)CC(=O)O. The second kappa shape index (κ2) is 9.69. The van der Waals surface area contributed by atoms with Gasteiger partial charge in [0.15, 0.2) is 0 Å². The van der Waals surface area contributed by atoms with Gasteiger partial charge in [-0.25, -0.2) is 4.98 Å². The molecule has 8 heteroatoms. The molecule has 1 amide bonds. The van der Waals surface area contributed by atoms with E-state index in [-0.39, 0.29) is 5.91 Å². The molecule has 0 saturated carbocycles. The van der Waals surface area contributed by atoms with Crippen molar-refractivity contribution >= 4 is 23.5 Å². The van der Waals surface area contributed by atoms with Crippen LogP contribution < -0.4 is 0 Å². The van der Waals surface area contributed by atoms with Crippen molar-refractivity contribution in [2.75, 3.05) is 14.1 Å². The monoisotopic (exact) mass is 411 g/mol. The van der Waals surface area contributed by atoms with E-state index in [0.29, 0.717) is 6.42 Å². The van der Waals surface area contributed by atoms with Crippen molar-refractivity contribution in [3.05, 3.63) is 59.4 Å². The number of likely N-dealkylation sites (N-methyl/N-ethyl adjacent to an activating group) is 1. The highest BCUT2D eigenvalue weighted by Crippen LogP contribution is 2.26. The van der Waals surface area contributed by atoms with E-state index in [9.17, 15) is 14.4 Å². The quantitative estimate of drug-likeness (QED) is 0.625. The smallest absolute Gasteiger partial charge is 0.314 e. The molecule has 0 atom stereocenters. The van der Waals surface area contributed by atoms with Crippen molar-refractivity contribution in [1.82, 2.24) is 14.3 Å². The van der Waals surface area contributed by atoms with E-state index >= 15 is 0 Å². The molecule has 0 aliphatic rings. The molecule has 0 fully saturated rings. The number of carboxylic acids is 2. The summed E-state index contributed by atoms with van der Waals surface area (Å²) in [4.78, 5) is 37.5. The Labute approximate surface area is 174 Å². The molecular weight excluding hydrogens is 386 g/mol. The summed E-state index contributed by atoms with van der Waals surface area (Å²) in [6.45, 7) is 4.11. The minimum atomic E-state index is -1.31. The van der Waals surface area contributed by atoms with E-state index < -0.39 is 18.4 Å². The van der Waals surface area contributed by atoms with Crippen molar-refractivity contribution in [2.24, 2.45) is 0 Å². The Hall–Kier alpha value is -3.68. The molecule has 0 radical (unpaired) electrons. The van der Waals surface area contributed by atoms with Crippen LogP contribution in [-0.2, 0) is 20.8 Å². The number of hydrogen-bond acceptors (Lipinski definition) is 4. The lowest BCUT2D eigenvalue weighted by Gasteiger charge is -2.11. The van der Waals surface area contributed by atoms with Crippen molar-refractivity contribution in [3.63, 3.8) is 0 Å². The molecule has 158 valence electrons. The number of aliphatic carboxylic acids is 2. The Kier molecular flexibility index (Phi) is 7.30. The number of imidazole rings is 1. The molecule has 1 aromatic carbocycles. The normalized spacial score (nSPS) is 10.3. The van der Waals surface area contributed by atoms with Gasteiger partial charge in [0.05, 0.1) is 17.8 Å². The zero-order valence-corrected chi connectivity index (χ0v) is 17.4. The molecule has 0 unspecified atom stereocenters. The predicted molar refractivity (Wildman–Crippen MR) is 112 cm³/mol.